The zero-order valence-corrected chi connectivity index (χ0v) is 12.1. The van der Waals surface area contributed by atoms with Gasteiger partial charge in [-0.05, 0) is 44.0 Å². The van der Waals surface area contributed by atoms with Gasteiger partial charge in [-0.1, -0.05) is 6.07 Å². The highest BCUT2D eigenvalue weighted by atomic mass is 16.5. The van der Waals surface area contributed by atoms with Crippen LogP contribution in [0.3, 0.4) is 0 Å². The number of hydrogen-bond acceptors (Lipinski definition) is 4. The number of rotatable bonds is 4. The number of fused-ring (bicyclic) bond motifs is 1. The van der Waals surface area contributed by atoms with Crippen molar-refractivity contribution in [1.82, 2.24) is 10.3 Å². The molecule has 106 valence electrons. The summed E-state index contributed by atoms with van der Waals surface area (Å²) in [6, 6.07) is 6.65. The highest BCUT2D eigenvalue weighted by Gasteiger charge is 2.16. The van der Waals surface area contributed by atoms with E-state index in [2.05, 4.69) is 34.7 Å². The van der Waals surface area contributed by atoms with Crippen molar-refractivity contribution >= 4 is 16.5 Å². The molecule has 0 spiro atoms. The summed E-state index contributed by atoms with van der Waals surface area (Å²) < 4.78 is 5.96. The van der Waals surface area contributed by atoms with Crippen molar-refractivity contribution in [3.8, 4) is 5.88 Å². The van der Waals surface area contributed by atoms with Gasteiger partial charge in [-0.15, -0.1) is 0 Å². The summed E-state index contributed by atoms with van der Waals surface area (Å²) in [6.45, 7) is 3.87. The van der Waals surface area contributed by atoms with Crippen LogP contribution in [-0.4, -0.2) is 31.2 Å². The molecule has 1 atom stereocenters. The van der Waals surface area contributed by atoms with Crippen molar-refractivity contribution < 1.29 is 4.74 Å². The molecule has 1 fully saturated rings. The molecule has 1 aromatic heterocycles. The third-order valence-corrected chi connectivity index (χ3v) is 3.92. The van der Waals surface area contributed by atoms with Gasteiger partial charge in [-0.25, -0.2) is 4.98 Å². The van der Waals surface area contributed by atoms with Gasteiger partial charge in [0.25, 0.3) is 0 Å². The van der Waals surface area contributed by atoms with Crippen molar-refractivity contribution in [1.29, 1.82) is 0 Å². The van der Waals surface area contributed by atoms with Gasteiger partial charge in [0.2, 0.25) is 5.88 Å². The second-order valence-electron chi connectivity index (χ2n) is 5.33. The van der Waals surface area contributed by atoms with Crippen LogP contribution in [-0.2, 0) is 0 Å². The number of ether oxygens (including phenoxy) is 1. The van der Waals surface area contributed by atoms with Crippen molar-refractivity contribution in [2.75, 3.05) is 25.5 Å². The minimum absolute atomic E-state index is 0.459. The van der Waals surface area contributed by atoms with Crippen LogP contribution < -0.4 is 15.4 Å². The second kappa shape index (κ2) is 5.67. The molecule has 0 aliphatic carbocycles. The highest BCUT2D eigenvalue weighted by molar-refractivity contribution is 5.98. The monoisotopic (exact) mass is 271 g/mol. The van der Waals surface area contributed by atoms with Gasteiger partial charge >= 0.3 is 0 Å². The fourth-order valence-corrected chi connectivity index (χ4v) is 2.85. The first-order valence-corrected chi connectivity index (χ1v) is 7.22. The minimum Gasteiger partial charge on any atom is -0.476 e. The number of hydrogen-bond donors (Lipinski definition) is 2. The van der Waals surface area contributed by atoms with Crippen molar-refractivity contribution in [2.24, 2.45) is 0 Å². The first kappa shape index (κ1) is 13.2. The van der Waals surface area contributed by atoms with E-state index in [0.717, 1.165) is 29.1 Å². The molecule has 0 amide bonds. The van der Waals surface area contributed by atoms with Crippen LogP contribution in [0.2, 0.25) is 0 Å². The van der Waals surface area contributed by atoms with Crippen molar-refractivity contribution in [3.05, 3.63) is 30.0 Å². The van der Waals surface area contributed by atoms with Gasteiger partial charge in [0.1, 0.15) is 6.61 Å². The van der Waals surface area contributed by atoms with E-state index in [-0.39, 0.29) is 0 Å². The zero-order valence-electron chi connectivity index (χ0n) is 12.1. The lowest BCUT2D eigenvalue weighted by Gasteiger charge is -2.15. The van der Waals surface area contributed by atoms with Crippen LogP contribution in [0.5, 0.6) is 5.88 Å². The molecule has 1 aromatic carbocycles. The molecule has 1 aliphatic heterocycles. The standard InChI is InChI=1S/C16H21N3O/c1-11-9-19-16(20-10-12-5-4-8-18-12)13-6-3-7-14(17-2)15(11)13/h3,6-7,9,12,17-18H,4-5,8,10H2,1-2H3. The average Bonchev–Trinajstić information content (AvgIpc) is 2.99. The Bertz CT molecular complexity index is 606. The van der Waals surface area contributed by atoms with Crippen LogP contribution >= 0.6 is 0 Å². The Kier molecular flexibility index (Phi) is 3.74. The Labute approximate surface area is 119 Å². The quantitative estimate of drug-likeness (QED) is 0.897. The van der Waals surface area contributed by atoms with E-state index in [1.54, 1.807) is 0 Å². The molecule has 3 rings (SSSR count). The Morgan fingerprint density at radius 2 is 2.35 bits per heavy atom. The maximum absolute atomic E-state index is 5.96. The molecular weight excluding hydrogens is 250 g/mol. The molecule has 0 bridgehead atoms. The summed E-state index contributed by atoms with van der Waals surface area (Å²) in [4.78, 5) is 4.47. The summed E-state index contributed by atoms with van der Waals surface area (Å²) >= 11 is 0. The third-order valence-electron chi connectivity index (χ3n) is 3.92. The van der Waals surface area contributed by atoms with E-state index >= 15 is 0 Å². The minimum atomic E-state index is 0.459. The molecule has 2 heterocycles. The summed E-state index contributed by atoms with van der Waals surface area (Å²) in [7, 11) is 1.94. The molecule has 0 saturated carbocycles. The highest BCUT2D eigenvalue weighted by Crippen LogP contribution is 2.31. The van der Waals surface area contributed by atoms with Crippen LogP contribution in [0.15, 0.2) is 24.4 Å². The molecule has 20 heavy (non-hydrogen) atoms. The van der Waals surface area contributed by atoms with Gasteiger partial charge in [-0.2, -0.15) is 0 Å². The van der Waals surface area contributed by atoms with E-state index in [1.165, 1.54) is 18.2 Å². The summed E-state index contributed by atoms with van der Waals surface area (Å²) in [5.74, 6) is 0.733. The van der Waals surface area contributed by atoms with Gasteiger partial charge < -0.3 is 15.4 Å². The van der Waals surface area contributed by atoms with Crippen LogP contribution in [0.1, 0.15) is 18.4 Å². The van der Waals surface area contributed by atoms with E-state index < -0.39 is 0 Å². The second-order valence-corrected chi connectivity index (χ2v) is 5.33. The van der Waals surface area contributed by atoms with Gasteiger partial charge in [0.15, 0.2) is 0 Å². The zero-order chi connectivity index (χ0) is 13.9. The van der Waals surface area contributed by atoms with E-state index in [0.29, 0.717) is 12.6 Å². The number of anilines is 1. The van der Waals surface area contributed by atoms with Crippen molar-refractivity contribution in [2.45, 2.75) is 25.8 Å². The predicted octanol–water partition coefficient (Wildman–Crippen LogP) is 2.72. The lowest BCUT2D eigenvalue weighted by Crippen LogP contribution is -2.28. The first-order valence-electron chi connectivity index (χ1n) is 7.22. The SMILES string of the molecule is CNc1cccc2c(OCC3CCCN3)ncc(C)c12. The normalized spacial score (nSPS) is 18.4. The first-order chi connectivity index (χ1) is 9.79. The summed E-state index contributed by atoms with van der Waals surface area (Å²) in [5.41, 5.74) is 2.28. The Morgan fingerprint density at radius 3 is 3.10 bits per heavy atom. The molecule has 2 aromatic rings. The fraction of sp³-hybridized carbons (Fsp3) is 0.438. The molecule has 1 aliphatic rings. The number of pyridine rings is 1. The van der Waals surface area contributed by atoms with Gasteiger partial charge in [0, 0.05) is 35.7 Å². The lowest BCUT2D eigenvalue weighted by atomic mass is 10.1. The summed E-state index contributed by atoms with van der Waals surface area (Å²) in [5, 5.41) is 8.96. The van der Waals surface area contributed by atoms with Crippen LogP contribution in [0.25, 0.3) is 10.8 Å². The number of nitrogens with zero attached hydrogens (tertiary/aromatic N) is 1. The number of nitrogens with one attached hydrogen (secondary N) is 2. The maximum Gasteiger partial charge on any atom is 0.221 e. The largest absolute Gasteiger partial charge is 0.476 e. The molecular formula is C16H21N3O. The number of aryl methyl sites for hydroxylation is 1. The predicted molar refractivity (Wildman–Crippen MR) is 82.5 cm³/mol. The van der Waals surface area contributed by atoms with E-state index in [1.807, 2.05) is 19.3 Å². The van der Waals surface area contributed by atoms with Crippen LogP contribution in [0, 0.1) is 6.92 Å². The van der Waals surface area contributed by atoms with E-state index in [9.17, 15) is 0 Å². The Hall–Kier alpha value is -1.81. The third kappa shape index (κ3) is 2.43. The topological polar surface area (TPSA) is 46.2 Å². The summed E-state index contributed by atoms with van der Waals surface area (Å²) in [6.07, 6.45) is 4.31. The molecule has 4 nitrogen and oxygen atoms in total. The molecule has 1 unspecified atom stereocenters. The Balaban J connectivity index is 1.92. The molecule has 2 N–H and O–H groups in total. The van der Waals surface area contributed by atoms with Gasteiger partial charge in [-0.3, -0.25) is 0 Å². The Morgan fingerprint density at radius 1 is 1.45 bits per heavy atom. The van der Waals surface area contributed by atoms with Crippen molar-refractivity contribution in [3.63, 3.8) is 0 Å². The lowest BCUT2D eigenvalue weighted by molar-refractivity contribution is 0.271. The average molecular weight is 271 g/mol. The number of aromatic nitrogens is 1. The number of benzene rings is 1. The smallest absolute Gasteiger partial charge is 0.221 e. The molecule has 1 saturated heterocycles. The van der Waals surface area contributed by atoms with Gasteiger partial charge in [0.05, 0.1) is 0 Å². The molecule has 0 radical (unpaired) electrons. The van der Waals surface area contributed by atoms with Crippen LogP contribution in [0.4, 0.5) is 5.69 Å². The fourth-order valence-electron chi connectivity index (χ4n) is 2.85. The van der Waals surface area contributed by atoms with E-state index in [4.69, 9.17) is 4.74 Å². The molecule has 4 heteroatoms. The maximum atomic E-state index is 5.96.